The Hall–Kier alpha value is -2.96. The molecule has 134 valence electrons. The summed E-state index contributed by atoms with van der Waals surface area (Å²) in [4.78, 5) is 50.0. The number of nitrogens with one attached hydrogen (secondary N) is 2. The Morgan fingerprint density at radius 1 is 0.962 bits per heavy atom. The molecule has 2 heterocycles. The molecule has 26 heavy (non-hydrogen) atoms. The molecular weight excluding hydrogens is 336 g/mol. The van der Waals surface area contributed by atoms with Crippen molar-refractivity contribution < 1.29 is 23.9 Å². The average molecular weight is 354 g/mol. The van der Waals surface area contributed by atoms with Crippen molar-refractivity contribution in [3.63, 3.8) is 0 Å². The molecule has 0 bridgehead atoms. The number of carbonyl (C=O) groups is 4. The van der Waals surface area contributed by atoms with Gasteiger partial charge in [-0.2, -0.15) is 0 Å². The molecule has 1 aliphatic carbocycles. The van der Waals surface area contributed by atoms with Gasteiger partial charge in [0.05, 0.1) is 5.92 Å². The first-order chi connectivity index (χ1) is 12.2. The second kappa shape index (κ2) is 5.27. The molecule has 0 radical (unpaired) electrons. The van der Waals surface area contributed by atoms with E-state index >= 15 is 0 Å². The van der Waals surface area contributed by atoms with E-state index in [1.54, 1.807) is 30.3 Å². The molecule has 1 spiro atoms. The maximum atomic E-state index is 12.9. The van der Waals surface area contributed by atoms with Gasteiger partial charge < -0.3 is 4.74 Å². The molecule has 1 atom stereocenters. The van der Waals surface area contributed by atoms with Gasteiger partial charge >= 0.3 is 6.03 Å². The molecule has 7 heteroatoms. The number of benzene rings is 1. The summed E-state index contributed by atoms with van der Waals surface area (Å²) in [5, 5.41) is 4.23. The van der Waals surface area contributed by atoms with Crippen LogP contribution in [0.2, 0.25) is 0 Å². The molecule has 1 aromatic rings. The normalized spacial score (nSPS) is 26.3. The van der Waals surface area contributed by atoms with Crippen LogP contribution in [0.5, 0.6) is 0 Å². The minimum Gasteiger partial charge on any atom is -0.470 e. The molecule has 3 aliphatic rings. The van der Waals surface area contributed by atoms with Crippen LogP contribution in [0, 0.1) is 5.41 Å². The van der Waals surface area contributed by atoms with Crippen LogP contribution in [-0.2, 0) is 19.1 Å². The fourth-order valence-electron chi connectivity index (χ4n) is 4.08. The summed E-state index contributed by atoms with van der Waals surface area (Å²) in [6.07, 6.45) is 0.741. The highest BCUT2D eigenvalue weighted by Crippen LogP contribution is 2.53. The van der Waals surface area contributed by atoms with Crippen LogP contribution in [0.1, 0.15) is 38.2 Å². The molecule has 1 saturated heterocycles. The summed E-state index contributed by atoms with van der Waals surface area (Å²) in [5.74, 6) is -2.37. The van der Waals surface area contributed by atoms with Crippen molar-refractivity contribution in [2.24, 2.45) is 5.41 Å². The van der Waals surface area contributed by atoms with Crippen molar-refractivity contribution in [2.75, 3.05) is 0 Å². The molecule has 1 fully saturated rings. The number of ketones is 1. The van der Waals surface area contributed by atoms with E-state index < -0.39 is 29.4 Å². The lowest BCUT2D eigenvalue weighted by atomic mass is 9.69. The third-order valence-electron chi connectivity index (χ3n) is 5.12. The molecular formula is C19H18N2O5. The summed E-state index contributed by atoms with van der Waals surface area (Å²) in [5.41, 5.74) is -1.35. The van der Waals surface area contributed by atoms with Gasteiger partial charge in [0, 0.05) is 18.4 Å². The van der Waals surface area contributed by atoms with Crippen LogP contribution >= 0.6 is 0 Å². The lowest BCUT2D eigenvalue weighted by Crippen LogP contribution is -2.68. The summed E-state index contributed by atoms with van der Waals surface area (Å²) in [6, 6.07) is 7.94. The van der Waals surface area contributed by atoms with Gasteiger partial charge in [-0.1, -0.05) is 44.2 Å². The number of hydrogen-bond donors (Lipinski definition) is 2. The average Bonchev–Trinajstić information content (AvgIpc) is 2.89. The van der Waals surface area contributed by atoms with Crippen LogP contribution in [0.4, 0.5) is 4.79 Å². The van der Waals surface area contributed by atoms with Gasteiger partial charge in [-0.3, -0.25) is 25.0 Å². The van der Waals surface area contributed by atoms with Crippen LogP contribution in [0.15, 0.2) is 41.7 Å². The molecule has 4 amide bonds. The van der Waals surface area contributed by atoms with Gasteiger partial charge in [0.25, 0.3) is 17.4 Å². The highest BCUT2D eigenvalue weighted by Gasteiger charge is 2.65. The highest BCUT2D eigenvalue weighted by atomic mass is 16.5. The number of Topliss-reactive ketones (excluding diaryl/α,β-unsaturated/α-hetero) is 1. The quantitative estimate of drug-likeness (QED) is 0.745. The van der Waals surface area contributed by atoms with Gasteiger partial charge in [0.15, 0.2) is 5.78 Å². The molecule has 1 aromatic carbocycles. The van der Waals surface area contributed by atoms with E-state index in [9.17, 15) is 19.2 Å². The second-order valence-electron chi connectivity index (χ2n) is 7.70. The van der Waals surface area contributed by atoms with Gasteiger partial charge in [-0.25, -0.2) is 4.79 Å². The van der Waals surface area contributed by atoms with Crippen molar-refractivity contribution in [3.8, 4) is 0 Å². The summed E-state index contributed by atoms with van der Waals surface area (Å²) in [7, 11) is 0. The van der Waals surface area contributed by atoms with Crippen molar-refractivity contribution in [1.29, 1.82) is 0 Å². The third-order valence-corrected chi connectivity index (χ3v) is 5.12. The molecule has 0 aromatic heterocycles. The summed E-state index contributed by atoms with van der Waals surface area (Å²) < 4.78 is 5.92. The Kier molecular flexibility index (Phi) is 3.34. The first kappa shape index (κ1) is 16.5. The van der Waals surface area contributed by atoms with E-state index in [0.29, 0.717) is 29.7 Å². The zero-order chi connectivity index (χ0) is 18.7. The van der Waals surface area contributed by atoms with E-state index in [0.717, 1.165) is 0 Å². The molecule has 4 rings (SSSR count). The molecule has 0 saturated carbocycles. The van der Waals surface area contributed by atoms with E-state index in [1.165, 1.54) is 0 Å². The van der Waals surface area contributed by atoms with Gasteiger partial charge in [0.1, 0.15) is 5.76 Å². The minimum absolute atomic E-state index is 0.139. The number of ether oxygens (including phenoxy) is 1. The Labute approximate surface area is 149 Å². The number of carbonyl (C=O) groups excluding carboxylic acids is 4. The molecule has 2 N–H and O–H groups in total. The Morgan fingerprint density at radius 3 is 2.19 bits per heavy atom. The Morgan fingerprint density at radius 2 is 1.58 bits per heavy atom. The second-order valence-corrected chi connectivity index (χ2v) is 7.70. The topological polar surface area (TPSA) is 102 Å². The Balaban J connectivity index is 1.92. The van der Waals surface area contributed by atoms with E-state index in [4.69, 9.17) is 4.74 Å². The Bertz CT molecular complexity index is 864. The van der Waals surface area contributed by atoms with Crippen molar-refractivity contribution in [1.82, 2.24) is 10.6 Å². The third kappa shape index (κ3) is 2.20. The molecule has 7 nitrogen and oxygen atoms in total. The van der Waals surface area contributed by atoms with E-state index in [1.807, 2.05) is 13.8 Å². The van der Waals surface area contributed by atoms with Crippen LogP contribution < -0.4 is 10.6 Å². The fraction of sp³-hybridized carbons (Fsp3) is 0.368. The summed E-state index contributed by atoms with van der Waals surface area (Å²) >= 11 is 0. The highest BCUT2D eigenvalue weighted by molar-refractivity contribution is 6.24. The predicted molar refractivity (Wildman–Crippen MR) is 89.7 cm³/mol. The molecule has 1 unspecified atom stereocenters. The standard InChI is InChI=1S/C19H18N2O5/c1-18(2)8-11(22)13-12(9-18)26-19(14(13)10-6-4-3-5-7-10)15(23)20-17(25)21-16(19)24/h3-7,14H,8-9H2,1-2H3,(H2,20,21,23,24,25). The van der Waals surface area contributed by atoms with Gasteiger partial charge in [-0.05, 0) is 11.0 Å². The van der Waals surface area contributed by atoms with E-state index in [-0.39, 0.29) is 11.2 Å². The van der Waals surface area contributed by atoms with Crippen molar-refractivity contribution in [2.45, 2.75) is 38.2 Å². The SMILES string of the molecule is CC1(C)CC(=O)C2=C(C1)OC1(C(=O)NC(=O)NC1=O)C2c1ccccc1. The zero-order valence-electron chi connectivity index (χ0n) is 14.4. The zero-order valence-corrected chi connectivity index (χ0v) is 14.4. The van der Waals surface area contributed by atoms with Gasteiger partial charge in [-0.15, -0.1) is 0 Å². The first-order valence-corrected chi connectivity index (χ1v) is 8.42. The van der Waals surface area contributed by atoms with Gasteiger partial charge in [0.2, 0.25) is 0 Å². The number of rotatable bonds is 1. The number of urea groups is 1. The minimum atomic E-state index is -1.99. The number of allylic oxidation sites excluding steroid dienone is 1. The van der Waals surface area contributed by atoms with E-state index in [2.05, 4.69) is 10.6 Å². The lowest BCUT2D eigenvalue weighted by Gasteiger charge is -2.35. The van der Waals surface area contributed by atoms with Crippen molar-refractivity contribution >= 4 is 23.6 Å². The fourth-order valence-corrected chi connectivity index (χ4v) is 4.08. The lowest BCUT2D eigenvalue weighted by molar-refractivity contribution is -0.156. The van der Waals surface area contributed by atoms with Crippen LogP contribution in [0.3, 0.4) is 0 Å². The predicted octanol–water partition coefficient (Wildman–Crippen LogP) is 1.55. The number of barbiturate groups is 1. The van der Waals surface area contributed by atoms with Crippen LogP contribution in [0.25, 0.3) is 0 Å². The number of hydrogen-bond acceptors (Lipinski definition) is 5. The smallest absolute Gasteiger partial charge is 0.328 e. The molecule has 2 aliphatic heterocycles. The first-order valence-electron chi connectivity index (χ1n) is 8.42. The number of imide groups is 2. The van der Waals surface area contributed by atoms with Crippen molar-refractivity contribution in [3.05, 3.63) is 47.2 Å². The monoisotopic (exact) mass is 354 g/mol. The summed E-state index contributed by atoms with van der Waals surface area (Å²) in [6.45, 7) is 3.87. The maximum absolute atomic E-state index is 12.9. The maximum Gasteiger partial charge on any atom is 0.328 e. The largest absolute Gasteiger partial charge is 0.470 e. The number of amides is 4. The van der Waals surface area contributed by atoms with Crippen LogP contribution in [-0.4, -0.2) is 29.2 Å².